The van der Waals surface area contributed by atoms with Gasteiger partial charge in [-0.1, -0.05) is 38.1 Å². The normalized spacial score (nSPS) is 11.3. The number of para-hydroxylation sites is 1. The molecule has 136 valence electrons. The second kappa shape index (κ2) is 6.64. The summed E-state index contributed by atoms with van der Waals surface area (Å²) in [4.78, 5) is 17.0. The SMILES string of the molecule is Cc1nc(C(=O)Nc2nnc3ccccn23)nn1-c1ccccc1C(C)C. The maximum atomic E-state index is 12.6. The van der Waals surface area contributed by atoms with Crippen molar-refractivity contribution < 1.29 is 4.79 Å². The first-order valence-corrected chi connectivity index (χ1v) is 8.68. The number of benzene rings is 1. The molecule has 27 heavy (non-hydrogen) atoms. The maximum Gasteiger partial charge on any atom is 0.297 e. The fraction of sp³-hybridized carbons (Fsp3) is 0.211. The van der Waals surface area contributed by atoms with Crippen molar-refractivity contribution >= 4 is 17.5 Å². The van der Waals surface area contributed by atoms with E-state index in [1.807, 2.05) is 43.3 Å². The number of pyridine rings is 1. The molecule has 0 saturated heterocycles. The smallest absolute Gasteiger partial charge is 0.287 e. The molecule has 0 spiro atoms. The summed E-state index contributed by atoms with van der Waals surface area (Å²) < 4.78 is 3.39. The van der Waals surface area contributed by atoms with Crippen molar-refractivity contribution in [1.29, 1.82) is 0 Å². The molecule has 0 radical (unpaired) electrons. The van der Waals surface area contributed by atoms with Gasteiger partial charge < -0.3 is 0 Å². The number of anilines is 1. The van der Waals surface area contributed by atoms with Crippen molar-refractivity contribution in [2.45, 2.75) is 26.7 Å². The first-order chi connectivity index (χ1) is 13.0. The second-order valence-corrected chi connectivity index (χ2v) is 6.51. The van der Waals surface area contributed by atoms with E-state index in [1.54, 1.807) is 15.3 Å². The number of rotatable bonds is 4. The highest BCUT2D eigenvalue weighted by molar-refractivity contribution is 6.00. The van der Waals surface area contributed by atoms with E-state index < -0.39 is 5.91 Å². The van der Waals surface area contributed by atoms with Crippen LogP contribution >= 0.6 is 0 Å². The first-order valence-electron chi connectivity index (χ1n) is 8.68. The maximum absolute atomic E-state index is 12.6. The third-order valence-corrected chi connectivity index (χ3v) is 4.30. The van der Waals surface area contributed by atoms with Crippen molar-refractivity contribution in [2.24, 2.45) is 0 Å². The van der Waals surface area contributed by atoms with Gasteiger partial charge in [-0.25, -0.2) is 9.67 Å². The molecule has 3 heterocycles. The summed E-state index contributed by atoms with van der Waals surface area (Å²) in [7, 11) is 0. The Bertz CT molecular complexity index is 1130. The molecule has 0 atom stereocenters. The molecule has 0 bridgehead atoms. The van der Waals surface area contributed by atoms with Crippen molar-refractivity contribution in [3.63, 3.8) is 0 Å². The van der Waals surface area contributed by atoms with E-state index in [9.17, 15) is 4.79 Å². The monoisotopic (exact) mass is 361 g/mol. The number of nitrogens with one attached hydrogen (secondary N) is 1. The quantitative estimate of drug-likeness (QED) is 0.603. The van der Waals surface area contributed by atoms with Gasteiger partial charge in [0, 0.05) is 6.20 Å². The molecule has 0 fully saturated rings. The lowest BCUT2D eigenvalue weighted by atomic mass is 10.0. The topological polar surface area (TPSA) is 90.0 Å². The Morgan fingerprint density at radius 3 is 2.67 bits per heavy atom. The molecule has 3 aromatic heterocycles. The predicted molar refractivity (Wildman–Crippen MR) is 101 cm³/mol. The molecule has 0 aliphatic rings. The summed E-state index contributed by atoms with van der Waals surface area (Å²) in [6.45, 7) is 6.07. The van der Waals surface area contributed by atoms with Crippen LogP contribution < -0.4 is 5.32 Å². The minimum absolute atomic E-state index is 0.0822. The van der Waals surface area contributed by atoms with Gasteiger partial charge in [0.1, 0.15) is 5.82 Å². The lowest BCUT2D eigenvalue weighted by molar-refractivity contribution is 0.101. The van der Waals surface area contributed by atoms with Crippen LogP contribution in [0, 0.1) is 6.92 Å². The Balaban J connectivity index is 1.66. The van der Waals surface area contributed by atoms with Crippen LogP contribution in [0.3, 0.4) is 0 Å². The highest BCUT2D eigenvalue weighted by atomic mass is 16.2. The summed E-state index contributed by atoms with van der Waals surface area (Å²) in [5.41, 5.74) is 2.71. The molecule has 1 amide bonds. The predicted octanol–water partition coefficient (Wildman–Crippen LogP) is 2.99. The third kappa shape index (κ3) is 3.05. The van der Waals surface area contributed by atoms with Crippen molar-refractivity contribution in [2.75, 3.05) is 5.32 Å². The van der Waals surface area contributed by atoms with Crippen molar-refractivity contribution in [1.82, 2.24) is 29.4 Å². The zero-order valence-corrected chi connectivity index (χ0v) is 15.3. The fourth-order valence-corrected chi connectivity index (χ4v) is 2.97. The Labute approximate surface area is 155 Å². The number of hydrogen-bond donors (Lipinski definition) is 1. The average molecular weight is 361 g/mol. The number of nitrogens with zero attached hydrogens (tertiary/aromatic N) is 6. The number of carbonyl (C=O) groups excluding carboxylic acids is 1. The summed E-state index contributed by atoms with van der Waals surface area (Å²) in [6.07, 6.45) is 1.78. The molecule has 8 nitrogen and oxygen atoms in total. The molecule has 0 saturated carbocycles. The average Bonchev–Trinajstić information content (AvgIpc) is 3.25. The van der Waals surface area contributed by atoms with Crippen LogP contribution in [-0.2, 0) is 0 Å². The number of aromatic nitrogens is 6. The van der Waals surface area contributed by atoms with Gasteiger partial charge >= 0.3 is 0 Å². The Morgan fingerprint density at radius 2 is 1.85 bits per heavy atom. The molecular weight excluding hydrogens is 342 g/mol. The van der Waals surface area contributed by atoms with E-state index >= 15 is 0 Å². The van der Waals surface area contributed by atoms with Crippen LogP contribution in [0.15, 0.2) is 48.7 Å². The van der Waals surface area contributed by atoms with Gasteiger partial charge in [-0.2, -0.15) is 0 Å². The van der Waals surface area contributed by atoms with Gasteiger partial charge in [0.25, 0.3) is 5.91 Å². The number of amides is 1. The molecule has 4 rings (SSSR count). The van der Waals surface area contributed by atoms with E-state index in [0.717, 1.165) is 11.3 Å². The first kappa shape index (κ1) is 16.9. The summed E-state index contributed by atoms with van der Waals surface area (Å²) in [6, 6.07) is 13.5. The molecule has 0 unspecified atom stereocenters. The van der Waals surface area contributed by atoms with Gasteiger partial charge in [-0.15, -0.1) is 15.3 Å². The Morgan fingerprint density at radius 1 is 1.07 bits per heavy atom. The van der Waals surface area contributed by atoms with Crippen LogP contribution in [0.4, 0.5) is 5.95 Å². The zero-order valence-electron chi connectivity index (χ0n) is 15.3. The highest BCUT2D eigenvalue weighted by Gasteiger charge is 2.19. The minimum Gasteiger partial charge on any atom is -0.287 e. The number of hydrogen-bond acceptors (Lipinski definition) is 5. The van der Waals surface area contributed by atoms with E-state index in [1.165, 1.54) is 0 Å². The molecule has 8 heteroatoms. The van der Waals surface area contributed by atoms with Crippen LogP contribution in [-0.4, -0.2) is 35.3 Å². The van der Waals surface area contributed by atoms with Crippen LogP contribution in [0.2, 0.25) is 0 Å². The largest absolute Gasteiger partial charge is 0.297 e. The third-order valence-electron chi connectivity index (χ3n) is 4.30. The molecular formula is C19H19N7O. The van der Waals surface area contributed by atoms with Crippen LogP contribution in [0.1, 0.15) is 41.8 Å². The molecule has 0 aliphatic carbocycles. The molecule has 4 aromatic rings. The Hall–Kier alpha value is -3.55. The van der Waals surface area contributed by atoms with Crippen molar-refractivity contribution in [3.05, 3.63) is 65.9 Å². The van der Waals surface area contributed by atoms with Gasteiger partial charge in [-0.05, 0) is 36.6 Å². The number of carbonyl (C=O) groups is 1. The van der Waals surface area contributed by atoms with E-state index in [4.69, 9.17) is 0 Å². The molecule has 0 aliphatic heterocycles. The second-order valence-electron chi connectivity index (χ2n) is 6.51. The molecule has 1 N–H and O–H groups in total. The van der Waals surface area contributed by atoms with Crippen LogP contribution in [0.25, 0.3) is 11.3 Å². The van der Waals surface area contributed by atoms with E-state index in [0.29, 0.717) is 23.3 Å². The lowest BCUT2D eigenvalue weighted by Gasteiger charge is -2.12. The zero-order chi connectivity index (χ0) is 19.0. The fourth-order valence-electron chi connectivity index (χ4n) is 2.97. The van der Waals surface area contributed by atoms with E-state index in [-0.39, 0.29) is 5.82 Å². The van der Waals surface area contributed by atoms with E-state index in [2.05, 4.69) is 45.5 Å². The molecule has 1 aromatic carbocycles. The van der Waals surface area contributed by atoms with Gasteiger partial charge in [-0.3, -0.25) is 14.5 Å². The minimum atomic E-state index is -0.433. The standard InChI is InChI=1S/C19H19N7O/c1-12(2)14-8-4-5-9-15(14)26-13(3)20-17(24-26)18(27)21-19-23-22-16-10-6-7-11-25(16)19/h4-12H,1-3H3,(H,21,23,27). The van der Waals surface area contributed by atoms with Crippen LogP contribution in [0.5, 0.6) is 0 Å². The lowest BCUT2D eigenvalue weighted by Crippen LogP contribution is -2.16. The summed E-state index contributed by atoms with van der Waals surface area (Å²) in [5.74, 6) is 0.937. The summed E-state index contributed by atoms with van der Waals surface area (Å²) in [5, 5.41) is 15.2. The van der Waals surface area contributed by atoms with Crippen molar-refractivity contribution in [3.8, 4) is 5.69 Å². The van der Waals surface area contributed by atoms with Gasteiger partial charge in [0.05, 0.1) is 5.69 Å². The Kier molecular flexibility index (Phi) is 4.15. The number of aryl methyl sites for hydroxylation is 1. The number of fused-ring (bicyclic) bond motifs is 1. The highest BCUT2D eigenvalue weighted by Crippen LogP contribution is 2.23. The van der Waals surface area contributed by atoms with Gasteiger partial charge in [0.2, 0.25) is 11.8 Å². The summed E-state index contributed by atoms with van der Waals surface area (Å²) >= 11 is 0. The van der Waals surface area contributed by atoms with Gasteiger partial charge in [0.15, 0.2) is 5.65 Å².